The maximum absolute atomic E-state index is 2.50. The minimum absolute atomic E-state index is 0.897. The lowest BCUT2D eigenvalue weighted by Gasteiger charge is -2.29. The molecule has 23 heavy (non-hydrogen) atoms. The summed E-state index contributed by atoms with van der Waals surface area (Å²) >= 11 is 0. The summed E-state index contributed by atoms with van der Waals surface area (Å²) in [7, 11) is 0. The van der Waals surface area contributed by atoms with Gasteiger partial charge in [0.1, 0.15) is 0 Å². The Hall–Kier alpha value is 0. The van der Waals surface area contributed by atoms with E-state index in [-0.39, 0.29) is 0 Å². The minimum atomic E-state index is 0.897. The van der Waals surface area contributed by atoms with E-state index in [2.05, 4.69) is 20.8 Å². The van der Waals surface area contributed by atoms with Crippen LogP contribution in [0.3, 0.4) is 0 Å². The molecule has 0 aromatic heterocycles. The van der Waals surface area contributed by atoms with E-state index in [1.54, 1.807) is 0 Å². The first-order chi connectivity index (χ1) is 11.2. The Morgan fingerprint density at radius 2 is 1.22 bits per heavy atom. The maximum Gasteiger partial charge on any atom is -0.0213 e. The first-order valence-electron chi connectivity index (χ1n) is 11.1. The van der Waals surface area contributed by atoms with Gasteiger partial charge in [-0.25, -0.2) is 0 Å². The van der Waals surface area contributed by atoms with Crippen LogP contribution in [0.4, 0.5) is 0 Å². The van der Waals surface area contributed by atoms with Crippen molar-refractivity contribution in [3.8, 4) is 0 Å². The van der Waals surface area contributed by atoms with Crippen LogP contribution in [0.25, 0.3) is 0 Å². The molecule has 0 spiro atoms. The standard InChI is InChI=1S/C23H45/c1-4-5-6-7-8-9-10-11-12-14-17-21(2)20-22(3)23-18-15-13-16-19-23/h21-22H,4-20H2,1-3H3. The minimum Gasteiger partial charge on any atom is -0.0654 e. The second kappa shape index (κ2) is 14.4. The van der Waals surface area contributed by atoms with Gasteiger partial charge in [-0.1, -0.05) is 111 Å². The van der Waals surface area contributed by atoms with Crippen LogP contribution in [0.2, 0.25) is 0 Å². The van der Waals surface area contributed by atoms with Crippen LogP contribution in [-0.2, 0) is 0 Å². The van der Waals surface area contributed by atoms with E-state index in [9.17, 15) is 0 Å². The highest BCUT2D eigenvalue weighted by Gasteiger charge is 2.21. The number of unbranched alkanes of at least 4 members (excludes halogenated alkanes) is 9. The second-order valence-electron chi connectivity index (χ2n) is 8.43. The zero-order valence-corrected chi connectivity index (χ0v) is 16.7. The molecular weight excluding hydrogens is 276 g/mol. The molecule has 0 aromatic rings. The maximum atomic E-state index is 2.50. The third-order valence-corrected chi connectivity index (χ3v) is 6.00. The average molecular weight is 322 g/mol. The summed E-state index contributed by atoms with van der Waals surface area (Å²) in [4.78, 5) is 0. The summed E-state index contributed by atoms with van der Waals surface area (Å²) in [5.74, 6) is 3.73. The topological polar surface area (TPSA) is 0 Å². The quantitative estimate of drug-likeness (QED) is 0.281. The van der Waals surface area contributed by atoms with Gasteiger partial charge in [0, 0.05) is 0 Å². The molecule has 0 heterocycles. The fourth-order valence-corrected chi connectivity index (χ4v) is 4.37. The van der Waals surface area contributed by atoms with Crippen molar-refractivity contribution in [2.45, 2.75) is 130 Å². The second-order valence-corrected chi connectivity index (χ2v) is 8.43. The fraction of sp³-hybridized carbons (Fsp3) is 0.957. The summed E-state index contributed by atoms with van der Waals surface area (Å²) in [6.45, 7) is 7.29. The van der Waals surface area contributed by atoms with E-state index in [1.807, 2.05) is 5.92 Å². The van der Waals surface area contributed by atoms with Gasteiger partial charge in [-0.15, -0.1) is 0 Å². The zero-order chi connectivity index (χ0) is 16.8. The highest BCUT2D eigenvalue weighted by atomic mass is 14.3. The summed E-state index contributed by atoms with van der Waals surface area (Å²) in [6, 6.07) is 0. The monoisotopic (exact) mass is 321 g/mol. The van der Waals surface area contributed by atoms with Crippen LogP contribution in [0.15, 0.2) is 0 Å². The molecule has 1 aliphatic rings. The predicted molar refractivity (Wildman–Crippen MR) is 106 cm³/mol. The smallest absolute Gasteiger partial charge is 0.0213 e. The molecular formula is C23H45. The lowest BCUT2D eigenvalue weighted by molar-refractivity contribution is 0.348. The van der Waals surface area contributed by atoms with Crippen molar-refractivity contribution in [3.05, 3.63) is 5.92 Å². The highest BCUT2D eigenvalue weighted by Crippen LogP contribution is 2.35. The third kappa shape index (κ3) is 11.2. The summed E-state index contributed by atoms with van der Waals surface area (Å²) < 4.78 is 0. The van der Waals surface area contributed by atoms with Gasteiger partial charge in [0.05, 0.1) is 0 Å². The third-order valence-electron chi connectivity index (χ3n) is 6.00. The van der Waals surface area contributed by atoms with Crippen molar-refractivity contribution in [1.29, 1.82) is 0 Å². The fourth-order valence-electron chi connectivity index (χ4n) is 4.37. The summed E-state index contributed by atoms with van der Waals surface area (Å²) in [5, 5.41) is 0. The van der Waals surface area contributed by atoms with Gasteiger partial charge in [0.25, 0.3) is 0 Å². The van der Waals surface area contributed by atoms with Crippen LogP contribution in [0, 0.1) is 17.8 Å². The van der Waals surface area contributed by atoms with Gasteiger partial charge in [-0.2, -0.15) is 0 Å². The van der Waals surface area contributed by atoms with Crippen molar-refractivity contribution >= 4 is 0 Å². The molecule has 0 amide bonds. The van der Waals surface area contributed by atoms with Gasteiger partial charge in [-0.05, 0) is 37.0 Å². The van der Waals surface area contributed by atoms with Crippen molar-refractivity contribution in [2.75, 3.05) is 0 Å². The van der Waals surface area contributed by atoms with Gasteiger partial charge in [0.2, 0.25) is 0 Å². The Bertz CT molecular complexity index is 238. The van der Waals surface area contributed by atoms with E-state index in [0.717, 1.165) is 11.8 Å². The van der Waals surface area contributed by atoms with Crippen LogP contribution < -0.4 is 0 Å². The number of rotatable bonds is 14. The predicted octanol–water partition coefficient (Wildman–Crippen LogP) is 8.50. The van der Waals surface area contributed by atoms with Crippen LogP contribution in [-0.4, -0.2) is 0 Å². The average Bonchev–Trinajstić information content (AvgIpc) is 2.57. The SMILES string of the molecule is CCCCCCCCCCCCC(C)CC(C)[C]1CCCCC1. The van der Waals surface area contributed by atoms with Crippen LogP contribution in [0.1, 0.15) is 130 Å². The summed E-state index contributed by atoms with van der Waals surface area (Å²) in [5.41, 5.74) is 0. The van der Waals surface area contributed by atoms with E-state index in [1.165, 1.54) is 109 Å². The molecule has 0 aromatic carbocycles. The van der Waals surface area contributed by atoms with Gasteiger partial charge in [-0.3, -0.25) is 0 Å². The highest BCUT2D eigenvalue weighted by molar-refractivity contribution is 4.97. The molecule has 1 rings (SSSR count). The van der Waals surface area contributed by atoms with Gasteiger partial charge in [0.15, 0.2) is 0 Å². The Morgan fingerprint density at radius 1 is 0.696 bits per heavy atom. The first-order valence-corrected chi connectivity index (χ1v) is 11.1. The largest absolute Gasteiger partial charge is 0.0654 e. The molecule has 2 atom stereocenters. The lowest BCUT2D eigenvalue weighted by Crippen LogP contribution is -2.15. The van der Waals surface area contributed by atoms with E-state index in [0.29, 0.717) is 0 Å². The molecule has 0 aliphatic heterocycles. The normalized spacial score (nSPS) is 18.9. The first kappa shape index (κ1) is 21.0. The molecule has 1 aliphatic carbocycles. The van der Waals surface area contributed by atoms with Gasteiger partial charge >= 0.3 is 0 Å². The Morgan fingerprint density at radius 3 is 1.78 bits per heavy atom. The van der Waals surface area contributed by atoms with Crippen LogP contribution >= 0.6 is 0 Å². The van der Waals surface area contributed by atoms with Crippen molar-refractivity contribution < 1.29 is 0 Å². The number of hydrogen-bond donors (Lipinski definition) is 0. The Labute approximate surface area is 148 Å². The molecule has 0 bridgehead atoms. The van der Waals surface area contributed by atoms with E-state index < -0.39 is 0 Å². The molecule has 0 nitrogen and oxygen atoms in total. The summed E-state index contributed by atoms with van der Waals surface area (Å²) in [6.07, 6.45) is 24.8. The van der Waals surface area contributed by atoms with Gasteiger partial charge < -0.3 is 0 Å². The molecule has 1 radical (unpaired) electrons. The molecule has 0 saturated heterocycles. The molecule has 0 heteroatoms. The molecule has 1 fully saturated rings. The van der Waals surface area contributed by atoms with E-state index >= 15 is 0 Å². The molecule has 0 N–H and O–H groups in total. The lowest BCUT2D eigenvalue weighted by atomic mass is 9.77. The van der Waals surface area contributed by atoms with Crippen molar-refractivity contribution in [2.24, 2.45) is 11.8 Å². The molecule has 137 valence electrons. The number of hydrogen-bond acceptors (Lipinski definition) is 0. The van der Waals surface area contributed by atoms with E-state index in [4.69, 9.17) is 0 Å². The Kier molecular flexibility index (Phi) is 13.1. The van der Waals surface area contributed by atoms with Crippen molar-refractivity contribution in [3.63, 3.8) is 0 Å². The van der Waals surface area contributed by atoms with Crippen LogP contribution in [0.5, 0.6) is 0 Å². The Balaban J connectivity index is 1.88. The zero-order valence-electron chi connectivity index (χ0n) is 16.7. The molecule has 1 saturated carbocycles. The van der Waals surface area contributed by atoms with Crippen molar-refractivity contribution in [1.82, 2.24) is 0 Å². The molecule has 2 unspecified atom stereocenters.